The van der Waals surface area contributed by atoms with E-state index in [-0.39, 0.29) is 29.2 Å². The fourth-order valence-corrected chi connectivity index (χ4v) is 5.76. The maximum absolute atomic E-state index is 12.7. The molecule has 0 aliphatic carbocycles. The number of nitrogens with one attached hydrogen (secondary N) is 2. The molecule has 3 heterocycles. The van der Waals surface area contributed by atoms with Gasteiger partial charge in [-0.3, -0.25) is 24.3 Å². The maximum atomic E-state index is 12.7. The number of fused-ring (bicyclic) bond motifs is 2. The van der Waals surface area contributed by atoms with Crippen molar-refractivity contribution in [3.63, 3.8) is 0 Å². The van der Waals surface area contributed by atoms with E-state index in [0.29, 0.717) is 27.2 Å². The summed E-state index contributed by atoms with van der Waals surface area (Å²) in [6.07, 6.45) is 1.60. The molecule has 0 atom stereocenters. The van der Waals surface area contributed by atoms with Crippen LogP contribution < -0.4 is 15.6 Å². The molecule has 4 rings (SSSR count). The smallest absolute Gasteiger partial charge is 0.270 e. The predicted octanol–water partition coefficient (Wildman–Crippen LogP) is 1.33. The summed E-state index contributed by atoms with van der Waals surface area (Å²) in [6, 6.07) is 4.69. The molecular weight excluding hydrogens is 458 g/mol. The van der Waals surface area contributed by atoms with Crippen molar-refractivity contribution in [2.75, 3.05) is 13.1 Å². The summed E-state index contributed by atoms with van der Waals surface area (Å²) in [5.74, 6) is 0.302. The minimum atomic E-state index is -3.98. The zero-order valence-corrected chi connectivity index (χ0v) is 18.6. The Kier molecular flexibility index (Phi) is 5.79. The van der Waals surface area contributed by atoms with Crippen molar-refractivity contribution < 1.29 is 18.1 Å². The van der Waals surface area contributed by atoms with Crippen molar-refractivity contribution in [2.24, 2.45) is 0 Å². The standard InChI is InChI=1S/C19H19N5O6S2/c1-11-15-18(22-14-6-3-9-23(14)19(15)26)31-16(11)17(25)20-7-8-21-32(29,30)13-5-2-4-12(10-13)24(27)28/h2,4-5,10,21H,3,6-9H2,1H3,(H,20,25). The van der Waals surface area contributed by atoms with Gasteiger partial charge in [-0.2, -0.15) is 0 Å². The highest BCUT2D eigenvalue weighted by atomic mass is 32.2. The van der Waals surface area contributed by atoms with Gasteiger partial charge in [-0.05, 0) is 25.0 Å². The maximum Gasteiger partial charge on any atom is 0.270 e. The number of rotatable bonds is 7. The zero-order valence-electron chi connectivity index (χ0n) is 17.0. The quantitative estimate of drug-likeness (QED) is 0.296. The number of carbonyl (C=O) groups is 1. The molecule has 11 nitrogen and oxygen atoms in total. The molecule has 0 spiro atoms. The van der Waals surface area contributed by atoms with Crippen LogP contribution in [0.1, 0.15) is 27.5 Å². The normalized spacial score (nSPS) is 13.3. The van der Waals surface area contributed by atoms with Gasteiger partial charge in [-0.1, -0.05) is 6.07 Å². The van der Waals surface area contributed by atoms with E-state index in [1.54, 1.807) is 11.5 Å². The molecule has 1 aromatic carbocycles. The Morgan fingerprint density at radius 1 is 1.34 bits per heavy atom. The molecule has 2 aromatic heterocycles. The molecule has 3 aromatic rings. The van der Waals surface area contributed by atoms with E-state index < -0.39 is 20.9 Å². The second kappa shape index (κ2) is 8.41. The highest BCUT2D eigenvalue weighted by Crippen LogP contribution is 2.28. The van der Waals surface area contributed by atoms with Crippen LogP contribution in [-0.2, 0) is 23.0 Å². The largest absolute Gasteiger partial charge is 0.350 e. The Labute approximate surface area is 186 Å². The molecule has 13 heteroatoms. The fraction of sp³-hybridized carbons (Fsp3) is 0.316. The summed E-state index contributed by atoms with van der Waals surface area (Å²) in [5.41, 5.74) is 0.0799. The Morgan fingerprint density at radius 2 is 2.12 bits per heavy atom. The topological polar surface area (TPSA) is 153 Å². The molecule has 32 heavy (non-hydrogen) atoms. The molecule has 168 valence electrons. The summed E-state index contributed by atoms with van der Waals surface area (Å²) in [4.78, 5) is 40.7. The lowest BCUT2D eigenvalue weighted by atomic mass is 10.2. The van der Waals surface area contributed by atoms with Gasteiger partial charge in [0.05, 0.1) is 20.1 Å². The first-order chi connectivity index (χ1) is 15.2. The molecular formula is C19H19N5O6S2. The second-order valence-corrected chi connectivity index (χ2v) is 10.00. The van der Waals surface area contributed by atoms with E-state index in [4.69, 9.17) is 0 Å². The van der Waals surface area contributed by atoms with Gasteiger partial charge in [0.2, 0.25) is 10.0 Å². The van der Waals surface area contributed by atoms with Gasteiger partial charge < -0.3 is 5.32 Å². The van der Waals surface area contributed by atoms with E-state index in [1.165, 1.54) is 18.2 Å². The van der Waals surface area contributed by atoms with Crippen LogP contribution in [0.3, 0.4) is 0 Å². The zero-order chi connectivity index (χ0) is 23.0. The summed E-state index contributed by atoms with van der Waals surface area (Å²) < 4.78 is 28.6. The molecule has 1 aliphatic heterocycles. The van der Waals surface area contributed by atoms with Gasteiger partial charge in [-0.25, -0.2) is 18.1 Å². The second-order valence-electron chi connectivity index (χ2n) is 7.23. The monoisotopic (exact) mass is 477 g/mol. The fourth-order valence-electron chi connectivity index (χ4n) is 3.58. The average molecular weight is 478 g/mol. The van der Waals surface area contributed by atoms with Crippen molar-refractivity contribution >= 4 is 43.2 Å². The number of carbonyl (C=O) groups excluding carboxylic acids is 1. The molecule has 0 radical (unpaired) electrons. The highest BCUT2D eigenvalue weighted by molar-refractivity contribution is 7.89. The Bertz CT molecular complexity index is 1410. The van der Waals surface area contributed by atoms with Crippen molar-refractivity contribution in [1.82, 2.24) is 19.6 Å². The molecule has 0 unspecified atom stereocenters. The van der Waals surface area contributed by atoms with Gasteiger partial charge in [0.1, 0.15) is 10.7 Å². The van der Waals surface area contributed by atoms with Crippen LogP contribution in [0.2, 0.25) is 0 Å². The minimum Gasteiger partial charge on any atom is -0.350 e. The van der Waals surface area contributed by atoms with E-state index in [2.05, 4.69) is 15.0 Å². The summed E-state index contributed by atoms with van der Waals surface area (Å²) >= 11 is 1.14. The van der Waals surface area contributed by atoms with Crippen molar-refractivity contribution in [1.29, 1.82) is 0 Å². The van der Waals surface area contributed by atoms with Crippen molar-refractivity contribution in [3.8, 4) is 0 Å². The molecule has 0 bridgehead atoms. The van der Waals surface area contributed by atoms with Gasteiger partial charge in [0, 0.05) is 38.2 Å². The lowest BCUT2D eigenvalue weighted by Gasteiger charge is -2.08. The molecule has 1 aliphatic rings. The summed E-state index contributed by atoms with van der Waals surface area (Å²) in [5, 5.41) is 13.9. The summed E-state index contributed by atoms with van der Waals surface area (Å²) in [6.45, 7) is 2.20. The van der Waals surface area contributed by atoms with E-state index in [9.17, 15) is 28.1 Å². The van der Waals surface area contributed by atoms with Crippen LogP contribution in [0, 0.1) is 17.0 Å². The van der Waals surface area contributed by atoms with Crippen molar-refractivity contribution in [3.05, 3.63) is 61.0 Å². The first kappa shape index (κ1) is 22.0. The average Bonchev–Trinajstić information content (AvgIpc) is 3.36. The number of aromatic nitrogens is 2. The van der Waals surface area contributed by atoms with E-state index in [0.717, 1.165) is 36.1 Å². The van der Waals surface area contributed by atoms with Crippen LogP contribution in [0.25, 0.3) is 10.2 Å². The Balaban J connectivity index is 1.42. The van der Waals surface area contributed by atoms with Crippen LogP contribution >= 0.6 is 11.3 Å². The number of benzene rings is 1. The number of nitro benzene ring substituents is 1. The molecule has 1 amide bonds. The third kappa shape index (κ3) is 4.01. The number of sulfonamides is 1. The van der Waals surface area contributed by atoms with E-state index in [1.807, 2.05) is 0 Å². The first-order valence-electron chi connectivity index (χ1n) is 9.74. The van der Waals surface area contributed by atoms with Crippen molar-refractivity contribution in [2.45, 2.75) is 31.2 Å². The number of aryl methyl sites for hydroxylation is 2. The highest BCUT2D eigenvalue weighted by Gasteiger charge is 2.23. The minimum absolute atomic E-state index is 0.0103. The molecule has 0 saturated heterocycles. The third-order valence-corrected chi connectivity index (χ3v) is 7.80. The number of nitro groups is 1. The lowest BCUT2D eigenvalue weighted by Crippen LogP contribution is -2.34. The number of amides is 1. The Morgan fingerprint density at radius 3 is 2.88 bits per heavy atom. The van der Waals surface area contributed by atoms with Crippen LogP contribution in [0.4, 0.5) is 5.69 Å². The molecule has 0 fully saturated rings. The SMILES string of the molecule is Cc1c(C(=O)NCCNS(=O)(=O)c2cccc([N+](=O)[O-])c2)sc2nc3n(c(=O)c12)CCC3. The first-order valence-corrected chi connectivity index (χ1v) is 12.0. The van der Waals surface area contributed by atoms with Gasteiger partial charge in [-0.15, -0.1) is 11.3 Å². The number of nitrogens with zero attached hydrogens (tertiary/aromatic N) is 3. The number of thiophene rings is 1. The molecule has 2 N–H and O–H groups in total. The summed E-state index contributed by atoms with van der Waals surface area (Å²) in [7, 11) is -3.98. The Hall–Kier alpha value is -3.16. The van der Waals surface area contributed by atoms with Crippen LogP contribution in [0.5, 0.6) is 0 Å². The van der Waals surface area contributed by atoms with Crippen LogP contribution in [-0.4, -0.2) is 41.9 Å². The van der Waals surface area contributed by atoms with Gasteiger partial charge in [0.25, 0.3) is 17.2 Å². The lowest BCUT2D eigenvalue weighted by molar-refractivity contribution is -0.385. The number of non-ortho nitro benzene ring substituents is 1. The van der Waals surface area contributed by atoms with E-state index >= 15 is 0 Å². The molecule has 0 saturated carbocycles. The number of hydrogen-bond donors (Lipinski definition) is 2. The van der Waals surface area contributed by atoms with Gasteiger partial charge in [0.15, 0.2) is 0 Å². The predicted molar refractivity (Wildman–Crippen MR) is 118 cm³/mol. The van der Waals surface area contributed by atoms with Crippen LogP contribution in [0.15, 0.2) is 34.0 Å². The number of hydrogen-bond acceptors (Lipinski definition) is 8. The van der Waals surface area contributed by atoms with Gasteiger partial charge >= 0.3 is 0 Å². The third-order valence-electron chi connectivity index (χ3n) is 5.16.